The van der Waals surface area contributed by atoms with Crippen molar-refractivity contribution < 1.29 is 0 Å². The second-order valence-corrected chi connectivity index (χ2v) is 6.57. The van der Waals surface area contributed by atoms with E-state index in [-0.39, 0.29) is 0 Å². The molecule has 0 saturated heterocycles. The summed E-state index contributed by atoms with van der Waals surface area (Å²) in [5, 5.41) is 1.13. The van der Waals surface area contributed by atoms with Crippen LogP contribution in [0.3, 0.4) is 0 Å². The second-order valence-electron chi connectivity index (χ2n) is 5.43. The maximum absolute atomic E-state index is 4.45. The van der Waals surface area contributed by atoms with Crippen LogP contribution >= 0.6 is 11.8 Å². The molecule has 0 bridgehead atoms. The van der Waals surface area contributed by atoms with E-state index in [1.165, 1.54) is 10.5 Å². The quantitative estimate of drug-likeness (QED) is 0.586. The number of hydrogen-bond acceptors (Lipinski definition) is 6. The molecular weight excluding hydrogens is 322 g/mol. The van der Waals surface area contributed by atoms with Crippen LogP contribution in [-0.2, 0) is 0 Å². The van der Waals surface area contributed by atoms with Gasteiger partial charge in [-0.05, 0) is 12.1 Å². The molecule has 0 unspecified atom stereocenters. The Hall–Kier alpha value is -2.87. The van der Waals surface area contributed by atoms with Crippen molar-refractivity contribution in [3.63, 3.8) is 0 Å². The monoisotopic (exact) mass is 335 g/mol. The lowest BCUT2D eigenvalue weighted by Crippen LogP contribution is -2.24. The summed E-state index contributed by atoms with van der Waals surface area (Å²) in [6, 6.07) is 4.13. The molecule has 4 aromatic heterocycles. The molecule has 5 heterocycles. The summed E-state index contributed by atoms with van der Waals surface area (Å²) < 4.78 is 0. The summed E-state index contributed by atoms with van der Waals surface area (Å²) in [5.41, 5.74) is 3.64. The highest BCUT2D eigenvalue weighted by molar-refractivity contribution is 8.08. The number of nitrogens with one attached hydrogen (secondary N) is 2. The number of hydrogen-bond donors (Lipinski definition) is 2. The molecule has 0 aliphatic carbocycles. The normalized spacial score (nSPS) is 15.2. The Bertz CT molecular complexity index is 1060. The maximum atomic E-state index is 4.45. The zero-order valence-electron chi connectivity index (χ0n) is 12.6. The van der Waals surface area contributed by atoms with Crippen molar-refractivity contribution in [3.05, 3.63) is 48.9 Å². The number of pyridine rings is 1. The highest BCUT2D eigenvalue weighted by Crippen LogP contribution is 2.36. The molecule has 0 atom stereocenters. The highest BCUT2D eigenvalue weighted by Gasteiger charge is 2.19. The van der Waals surface area contributed by atoms with Crippen molar-refractivity contribution in [3.8, 4) is 0 Å². The SMILES string of the molecule is C1=C(c2ccnc3[nH]ccc23)SCCN1c1ncnc2nc[nH]c12. The summed E-state index contributed by atoms with van der Waals surface area (Å²) >= 11 is 1.85. The molecule has 8 heteroatoms. The first-order chi connectivity index (χ1) is 11.9. The zero-order chi connectivity index (χ0) is 15.9. The number of rotatable bonds is 2. The number of thioether (sulfide) groups is 1. The molecule has 2 N–H and O–H groups in total. The van der Waals surface area contributed by atoms with Crippen LogP contribution in [0.15, 0.2) is 43.4 Å². The third-order valence-corrected chi connectivity index (χ3v) is 5.09. The molecular formula is C16H13N7S. The maximum Gasteiger partial charge on any atom is 0.182 e. The molecule has 5 rings (SSSR count). The predicted molar refractivity (Wildman–Crippen MR) is 95.6 cm³/mol. The molecule has 24 heavy (non-hydrogen) atoms. The molecule has 0 saturated carbocycles. The molecule has 0 amide bonds. The van der Waals surface area contributed by atoms with E-state index in [0.717, 1.165) is 34.7 Å². The van der Waals surface area contributed by atoms with Gasteiger partial charge in [-0.2, -0.15) is 0 Å². The number of anilines is 1. The van der Waals surface area contributed by atoms with Crippen LogP contribution in [0.1, 0.15) is 5.56 Å². The molecule has 118 valence electrons. The van der Waals surface area contributed by atoms with Gasteiger partial charge in [-0.25, -0.2) is 19.9 Å². The number of fused-ring (bicyclic) bond motifs is 2. The second kappa shape index (κ2) is 5.34. The number of aromatic amines is 2. The Labute approximate surface area is 141 Å². The number of aromatic nitrogens is 6. The fraction of sp³-hybridized carbons (Fsp3) is 0.125. The Morgan fingerprint density at radius 1 is 1.08 bits per heavy atom. The lowest BCUT2D eigenvalue weighted by Gasteiger charge is -2.26. The van der Waals surface area contributed by atoms with Gasteiger partial charge < -0.3 is 14.9 Å². The van der Waals surface area contributed by atoms with Crippen LogP contribution in [0.5, 0.6) is 0 Å². The first kappa shape index (κ1) is 13.6. The minimum atomic E-state index is 0.685. The number of nitrogens with zero attached hydrogens (tertiary/aromatic N) is 5. The van der Waals surface area contributed by atoms with Crippen LogP contribution in [0.4, 0.5) is 5.82 Å². The topological polar surface area (TPSA) is 86.4 Å². The molecule has 0 spiro atoms. The van der Waals surface area contributed by atoms with Crippen LogP contribution in [0, 0.1) is 0 Å². The predicted octanol–water partition coefficient (Wildman–Crippen LogP) is 2.78. The van der Waals surface area contributed by atoms with Crippen molar-refractivity contribution in [2.45, 2.75) is 0 Å². The van der Waals surface area contributed by atoms with Gasteiger partial charge in [-0.3, -0.25) is 0 Å². The van der Waals surface area contributed by atoms with E-state index < -0.39 is 0 Å². The van der Waals surface area contributed by atoms with Crippen molar-refractivity contribution in [1.29, 1.82) is 0 Å². The van der Waals surface area contributed by atoms with Gasteiger partial charge in [0.25, 0.3) is 0 Å². The van der Waals surface area contributed by atoms with Gasteiger partial charge in [-0.1, -0.05) is 0 Å². The summed E-state index contributed by atoms with van der Waals surface area (Å²) in [7, 11) is 0. The van der Waals surface area contributed by atoms with Crippen LogP contribution in [0.2, 0.25) is 0 Å². The Morgan fingerprint density at radius 2 is 2.08 bits per heavy atom. The van der Waals surface area contributed by atoms with Gasteiger partial charge in [0.05, 0.1) is 6.33 Å². The largest absolute Gasteiger partial charge is 0.346 e. The fourth-order valence-electron chi connectivity index (χ4n) is 2.96. The zero-order valence-corrected chi connectivity index (χ0v) is 13.4. The van der Waals surface area contributed by atoms with E-state index in [2.05, 4.69) is 53.1 Å². The van der Waals surface area contributed by atoms with Gasteiger partial charge in [-0.15, -0.1) is 11.8 Å². The van der Waals surface area contributed by atoms with Gasteiger partial charge in [0.15, 0.2) is 11.5 Å². The van der Waals surface area contributed by atoms with Gasteiger partial charge in [0, 0.05) is 46.7 Å². The summed E-state index contributed by atoms with van der Waals surface area (Å²) in [6.07, 6.45) is 9.12. The van der Waals surface area contributed by atoms with E-state index >= 15 is 0 Å². The lowest BCUT2D eigenvalue weighted by atomic mass is 10.2. The fourth-order valence-corrected chi connectivity index (χ4v) is 4.00. The third-order valence-electron chi connectivity index (χ3n) is 4.06. The Balaban J connectivity index is 1.63. The third kappa shape index (κ3) is 2.07. The number of H-pyrrole nitrogens is 2. The minimum Gasteiger partial charge on any atom is -0.346 e. The smallest absolute Gasteiger partial charge is 0.182 e. The molecule has 1 aliphatic heterocycles. The van der Waals surface area contributed by atoms with Gasteiger partial charge >= 0.3 is 0 Å². The molecule has 0 fully saturated rings. The van der Waals surface area contributed by atoms with Crippen molar-refractivity contribution in [1.82, 2.24) is 29.9 Å². The average molecular weight is 335 g/mol. The van der Waals surface area contributed by atoms with Gasteiger partial charge in [0.1, 0.15) is 17.5 Å². The van der Waals surface area contributed by atoms with Crippen molar-refractivity contribution >= 4 is 44.7 Å². The van der Waals surface area contributed by atoms with Crippen molar-refractivity contribution in [2.75, 3.05) is 17.2 Å². The first-order valence-corrected chi connectivity index (χ1v) is 8.56. The van der Waals surface area contributed by atoms with Crippen LogP contribution < -0.4 is 4.90 Å². The van der Waals surface area contributed by atoms with E-state index in [1.54, 1.807) is 12.7 Å². The van der Waals surface area contributed by atoms with Crippen molar-refractivity contribution in [2.24, 2.45) is 0 Å². The Kier molecular flexibility index (Phi) is 3.02. The van der Waals surface area contributed by atoms with Gasteiger partial charge in [0.2, 0.25) is 0 Å². The first-order valence-electron chi connectivity index (χ1n) is 7.58. The summed E-state index contributed by atoms with van der Waals surface area (Å²) in [4.78, 5) is 26.9. The molecule has 7 nitrogen and oxygen atoms in total. The molecule has 4 aromatic rings. The summed E-state index contributed by atoms with van der Waals surface area (Å²) in [6.45, 7) is 0.890. The standard InChI is InChI=1S/C16H13N7S/c1-3-17-14-11(2-4-18-14)10(1)12-7-23(5-6-24-12)16-13-15(20-8-19-13)21-9-22-16/h1-4,7-9H,5-6H2,(H,17,18)(H,19,20,21,22). The number of imidazole rings is 1. The average Bonchev–Trinajstić information content (AvgIpc) is 3.30. The molecule has 0 aromatic carbocycles. The highest BCUT2D eigenvalue weighted by atomic mass is 32.2. The van der Waals surface area contributed by atoms with E-state index in [9.17, 15) is 0 Å². The Morgan fingerprint density at radius 3 is 3.08 bits per heavy atom. The van der Waals surface area contributed by atoms with Crippen LogP contribution in [-0.4, -0.2) is 42.2 Å². The minimum absolute atomic E-state index is 0.685. The summed E-state index contributed by atoms with van der Waals surface area (Å²) in [5.74, 6) is 1.84. The van der Waals surface area contributed by atoms with E-state index in [4.69, 9.17) is 0 Å². The van der Waals surface area contributed by atoms with Crippen LogP contribution in [0.25, 0.3) is 27.1 Å². The lowest BCUT2D eigenvalue weighted by molar-refractivity contribution is 0.985. The molecule has 0 radical (unpaired) electrons. The van der Waals surface area contributed by atoms with E-state index in [1.807, 2.05) is 24.2 Å². The van der Waals surface area contributed by atoms with E-state index in [0.29, 0.717) is 5.65 Å². The molecule has 1 aliphatic rings.